The molecule has 4 atom stereocenters. The largest absolute Gasteiger partial charge is 0.496 e. The molecule has 5 aliphatic rings. The van der Waals surface area contributed by atoms with Gasteiger partial charge in [-0.05, 0) is 100 Å². The maximum Gasteiger partial charge on any atom is 0.309 e. The highest BCUT2D eigenvalue weighted by molar-refractivity contribution is 5.98. The van der Waals surface area contributed by atoms with Crippen molar-refractivity contribution in [1.82, 2.24) is 10.6 Å². The van der Waals surface area contributed by atoms with Crippen LogP contribution in [0.5, 0.6) is 11.5 Å². The topological polar surface area (TPSA) is 114 Å². The summed E-state index contributed by atoms with van der Waals surface area (Å²) in [6.45, 7) is 4.61. The molecule has 2 bridgehead atoms. The number of carboxylic acids is 1. The first kappa shape index (κ1) is 31.9. The summed E-state index contributed by atoms with van der Waals surface area (Å²) in [5, 5.41) is 16.0. The van der Waals surface area contributed by atoms with Gasteiger partial charge in [-0.3, -0.25) is 14.4 Å². The van der Waals surface area contributed by atoms with E-state index < -0.39 is 23.1 Å². The highest BCUT2D eigenvalue weighted by atomic mass is 19.1. The molecule has 2 amide bonds. The molecule has 5 fully saturated rings. The van der Waals surface area contributed by atoms with Gasteiger partial charge in [0.1, 0.15) is 5.75 Å². The van der Waals surface area contributed by atoms with Gasteiger partial charge >= 0.3 is 5.97 Å². The summed E-state index contributed by atoms with van der Waals surface area (Å²) in [5.41, 5.74) is 0.880. The van der Waals surface area contributed by atoms with Crippen molar-refractivity contribution < 1.29 is 33.4 Å². The van der Waals surface area contributed by atoms with Gasteiger partial charge in [0.25, 0.3) is 5.91 Å². The summed E-state index contributed by atoms with van der Waals surface area (Å²) < 4.78 is 26.6. The highest BCUT2D eigenvalue weighted by Gasteiger charge is 2.54. The van der Waals surface area contributed by atoms with Gasteiger partial charge in [-0.25, -0.2) is 4.39 Å². The van der Waals surface area contributed by atoms with E-state index in [9.17, 15) is 19.5 Å². The van der Waals surface area contributed by atoms with E-state index >= 15 is 4.39 Å². The van der Waals surface area contributed by atoms with Crippen molar-refractivity contribution in [2.75, 3.05) is 13.7 Å². The molecule has 0 unspecified atom stereocenters. The number of carbonyl (C=O) groups is 3. The van der Waals surface area contributed by atoms with Gasteiger partial charge in [0.15, 0.2) is 11.6 Å². The summed E-state index contributed by atoms with van der Waals surface area (Å²) in [4.78, 5) is 39.4. The maximum absolute atomic E-state index is 15.1. The summed E-state index contributed by atoms with van der Waals surface area (Å²) in [7, 11) is 1.40. The summed E-state index contributed by atoms with van der Waals surface area (Å²) in [6.07, 6.45) is 14.1. The van der Waals surface area contributed by atoms with Gasteiger partial charge < -0.3 is 25.2 Å². The first-order valence-corrected chi connectivity index (χ1v) is 17.1. The smallest absolute Gasteiger partial charge is 0.309 e. The van der Waals surface area contributed by atoms with Gasteiger partial charge in [-0.1, -0.05) is 37.8 Å². The Morgan fingerprint density at radius 2 is 1.73 bits per heavy atom. The number of rotatable bonds is 10. The van der Waals surface area contributed by atoms with Crippen molar-refractivity contribution in [3.05, 3.63) is 35.2 Å². The van der Waals surface area contributed by atoms with Crippen LogP contribution in [0, 0.1) is 40.3 Å². The van der Waals surface area contributed by atoms with Crippen molar-refractivity contribution in [2.24, 2.45) is 34.5 Å². The average Bonchev–Trinajstić information content (AvgIpc) is 3.74. The van der Waals surface area contributed by atoms with Gasteiger partial charge in [0, 0.05) is 18.7 Å². The number of fused-ring (bicyclic) bond motifs is 2. The molecule has 0 saturated heterocycles. The Kier molecular flexibility index (Phi) is 8.92. The van der Waals surface area contributed by atoms with Crippen LogP contribution < -0.4 is 20.1 Å². The lowest BCUT2D eigenvalue weighted by Gasteiger charge is -2.39. The van der Waals surface area contributed by atoms with Crippen LogP contribution in [-0.2, 0) is 9.59 Å². The van der Waals surface area contributed by atoms with Crippen molar-refractivity contribution >= 4 is 17.8 Å². The third-order valence-electron chi connectivity index (χ3n) is 11.9. The monoisotopic (exact) mass is 624 g/mol. The first-order chi connectivity index (χ1) is 21.5. The van der Waals surface area contributed by atoms with E-state index in [1.54, 1.807) is 6.92 Å². The highest BCUT2D eigenvalue weighted by Crippen LogP contribution is 2.53. The zero-order valence-electron chi connectivity index (χ0n) is 27.0. The molecule has 1 aromatic rings. The Bertz CT molecular complexity index is 1340. The molecule has 5 saturated carbocycles. The number of aliphatic carboxylic acids is 1. The van der Waals surface area contributed by atoms with Crippen molar-refractivity contribution in [3.63, 3.8) is 0 Å². The molecule has 9 heteroatoms. The number of methoxy groups -OCH3 is 1. The summed E-state index contributed by atoms with van der Waals surface area (Å²) >= 11 is 0. The lowest BCUT2D eigenvalue weighted by atomic mass is 9.70. The molecule has 0 aromatic heterocycles. The Morgan fingerprint density at radius 1 is 1.02 bits per heavy atom. The second-order valence-corrected chi connectivity index (χ2v) is 15.2. The normalized spacial score (nSPS) is 33.1. The van der Waals surface area contributed by atoms with Gasteiger partial charge in [0.05, 0.1) is 30.1 Å². The van der Waals surface area contributed by atoms with Crippen LogP contribution in [0.4, 0.5) is 4.39 Å². The number of halogens is 1. The quantitative estimate of drug-likeness (QED) is 0.259. The number of hydrogen-bond acceptors (Lipinski definition) is 5. The third kappa shape index (κ3) is 6.46. The number of carbonyl (C=O) groups excluding carboxylic acids is 2. The fourth-order valence-electron chi connectivity index (χ4n) is 8.70. The molecule has 0 heterocycles. The Hall–Kier alpha value is -3.10. The third-order valence-corrected chi connectivity index (χ3v) is 11.9. The Labute approximate surface area is 265 Å². The van der Waals surface area contributed by atoms with E-state index in [2.05, 4.69) is 23.6 Å². The van der Waals surface area contributed by atoms with Crippen LogP contribution in [0.2, 0.25) is 0 Å². The van der Waals surface area contributed by atoms with Gasteiger partial charge in [-0.15, -0.1) is 0 Å². The fourth-order valence-corrected chi connectivity index (χ4v) is 8.70. The molecule has 0 aliphatic heterocycles. The van der Waals surface area contributed by atoms with E-state index in [4.69, 9.17) is 9.47 Å². The van der Waals surface area contributed by atoms with Crippen molar-refractivity contribution in [2.45, 2.75) is 109 Å². The lowest BCUT2D eigenvalue weighted by molar-refractivity contribution is -0.150. The van der Waals surface area contributed by atoms with Crippen LogP contribution in [-0.4, -0.2) is 48.7 Å². The number of ether oxygens (including phenoxy) is 2. The molecule has 246 valence electrons. The van der Waals surface area contributed by atoms with E-state index in [0.717, 1.165) is 25.7 Å². The maximum atomic E-state index is 15.1. The zero-order valence-corrected chi connectivity index (χ0v) is 27.0. The van der Waals surface area contributed by atoms with Crippen molar-refractivity contribution in [1.29, 1.82) is 0 Å². The van der Waals surface area contributed by atoms with Gasteiger partial charge in [0.2, 0.25) is 5.91 Å². The number of hydrogen-bond donors (Lipinski definition) is 3. The van der Waals surface area contributed by atoms with E-state index in [1.165, 1.54) is 56.9 Å². The Morgan fingerprint density at radius 3 is 2.36 bits per heavy atom. The van der Waals surface area contributed by atoms with Gasteiger partial charge in [-0.2, -0.15) is 0 Å². The molecule has 5 aliphatic carbocycles. The second-order valence-electron chi connectivity index (χ2n) is 15.2. The second kappa shape index (κ2) is 12.6. The minimum absolute atomic E-state index is 0.0127. The Balaban J connectivity index is 1.19. The minimum atomic E-state index is -0.832. The fraction of sp³-hybridized carbons (Fsp3) is 0.694. The number of amides is 2. The molecule has 0 radical (unpaired) electrons. The summed E-state index contributed by atoms with van der Waals surface area (Å²) in [6, 6.07) is 2.23. The molecule has 45 heavy (non-hydrogen) atoms. The molecule has 6 rings (SSSR count). The van der Waals surface area contributed by atoms with Crippen LogP contribution in [0.15, 0.2) is 23.8 Å². The zero-order chi connectivity index (χ0) is 31.9. The molecule has 8 nitrogen and oxygen atoms in total. The predicted octanol–water partition coefficient (Wildman–Crippen LogP) is 6.42. The van der Waals surface area contributed by atoms with Crippen LogP contribution in [0.1, 0.15) is 108 Å². The van der Waals surface area contributed by atoms with Crippen LogP contribution in [0.25, 0.3) is 0 Å². The predicted molar refractivity (Wildman–Crippen MR) is 168 cm³/mol. The number of benzene rings is 1. The minimum Gasteiger partial charge on any atom is -0.496 e. The molecule has 1 aromatic carbocycles. The van der Waals surface area contributed by atoms with E-state index in [-0.39, 0.29) is 58.3 Å². The average molecular weight is 625 g/mol. The van der Waals surface area contributed by atoms with Crippen molar-refractivity contribution in [3.8, 4) is 11.5 Å². The number of carboxylic acid groups (broad SMARTS) is 1. The molecular weight excluding hydrogens is 575 g/mol. The molecular formula is C36H49FN2O6. The standard InChI is InChI=1S/C36H49FN2O6/c1-35(11-6-12-35)20-38-33(41)30-25-17-23(16-22(25)15-21-7-4-5-8-21)31(30)39-32(40)26-18-29(27(37)19-28(26)44-3)45-24-9-13-36(2,14-10-24)34(42)43/h15,18-19,21,23-25,30-31H,4-14,16-17,20H2,1-3H3,(H,38,41)(H,39,40)(H,42,43)/b22-15+/t23-,24?,25-,30-,31+,36?/m0/s1. The van der Waals surface area contributed by atoms with Crippen LogP contribution in [0.3, 0.4) is 0 Å². The number of allylic oxidation sites excluding steroid dienone is 2. The first-order valence-electron chi connectivity index (χ1n) is 17.1. The molecule has 0 spiro atoms. The number of nitrogens with one attached hydrogen (secondary N) is 2. The molecule has 3 N–H and O–H groups in total. The van der Waals surface area contributed by atoms with E-state index in [1.807, 2.05) is 0 Å². The van der Waals surface area contributed by atoms with E-state index in [0.29, 0.717) is 38.1 Å². The summed E-state index contributed by atoms with van der Waals surface area (Å²) in [5.74, 6) is -1.31. The SMILES string of the molecule is COc1cc(F)c(OC2CCC(C)(C(=O)O)CC2)cc1C(=O)N[C@@H]1[C@H]2C/C(=C\C3CCCC3)[C@H](C2)[C@@H]1C(=O)NCC1(C)CCC1. The van der Waals surface area contributed by atoms with Crippen LogP contribution >= 0.6 is 0 Å². The lowest BCUT2D eigenvalue weighted by Crippen LogP contribution is -2.52.